The lowest BCUT2D eigenvalue weighted by Gasteiger charge is -2.51. The molecular formula is C34H56F3N3O5Si2. The number of alkyl halides is 3. The lowest BCUT2D eigenvalue weighted by molar-refractivity contribution is -0.265. The first-order chi connectivity index (χ1) is 21.6. The Balaban J connectivity index is 1.99. The van der Waals surface area contributed by atoms with E-state index in [4.69, 9.17) is 13.9 Å². The van der Waals surface area contributed by atoms with Gasteiger partial charge in [0.25, 0.3) is 0 Å². The van der Waals surface area contributed by atoms with Crippen molar-refractivity contribution >= 4 is 39.9 Å². The van der Waals surface area contributed by atoms with Crippen LogP contribution in [0, 0.1) is 17.3 Å². The maximum absolute atomic E-state index is 14.8. The number of fused-ring (bicyclic) bond motifs is 3. The Morgan fingerprint density at radius 1 is 1.11 bits per heavy atom. The molecule has 1 N–H and O–H groups in total. The molecule has 2 aromatic rings. The molecule has 1 amide bonds. The number of rotatable bonds is 14. The van der Waals surface area contributed by atoms with Gasteiger partial charge in [-0.2, -0.15) is 13.2 Å². The third-order valence-electron chi connectivity index (χ3n) is 8.68. The molecule has 266 valence electrons. The zero-order chi connectivity index (χ0) is 35.5. The van der Waals surface area contributed by atoms with Crippen LogP contribution in [-0.4, -0.2) is 76.7 Å². The highest BCUT2D eigenvalue weighted by Crippen LogP contribution is 2.49. The van der Waals surface area contributed by atoms with E-state index in [9.17, 15) is 22.8 Å². The number of hydrogen-bond acceptors (Lipinski definition) is 6. The molecule has 1 aromatic heterocycles. The van der Waals surface area contributed by atoms with Crippen LogP contribution in [0.5, 0.6) is 0 Å². The number of hydrogen-bond donors (Lipinski definition) is 1. The highest BCUT2D eigenvalue weighted by Gasteiger charge is 2.61. The maximum atomic E-state index is 14.8. The van der Waals surface area contributed by atoms with Gasteiger partial charge in [-0.05, 0) is 49.5 Å². The highest BCUT2D eigenvalue weighted by molar-refractivity contribution is 6.76. The summed E-state index contributed by atoms with van der Waals surface area (Å²) in [5.41, 5.74) is 0.0469. The minimum absolute atomic E-state index is 0.103. The van der Waals surface area contributed by atoms with Crippen molar-refractivity contribution in [2.24, 2.45) is 17.3 Å². The van der Waals surface area contributed by atoms with Gasteiger partial charge in [-0.15, -0.1) is 0 Å². The topological polar surface area (TPSA) is 82.0 Å². The molecule has 0 bridgehead atoms. The van der Waals surface area contributed by atoms with E-state index in [-0.39, 0.29) is 19.9 Å². The Labute approximate surface area is 281 Å². The molecule has 2 atom stereocenters. The van der Waals surface area contributed by atoms with Crippen molar-refractivity contribution in [2.75, 3.05) is 26.3 Å². The SMILES string of the molecule is CCOC(=O)c1cccc2c3c(n(COCC[Si](C)(C)C)c12)CN(CC(=O)NC(O[SiH](C)C)(C(C)C)C(C(C)(C)C)C(F)(F)F)CC3. The normalized spacial score (nSPS) is 16.8. The highest BCUT2D eigenvalue weighted by atomic mass is 28.3. The first-order valence-corrected chi connectivity index (χ1v) is 23.3. The lowest BCUT2D eigenvalue weighted by atomic mass is 9.70. The predicted octanol–water partition coefficient (Wildman–Crippen LogP) is 7.18. The number of esters is 1. The van der Waals surface area contributed by atoms with Crippen LogP contribution in [0.4, 0.5) is 13.2 Å². The number of nitrogens with zero attached hydrogens (tertiary/aromatic N) is 2. The predicted molar refractivity (Wildman–Crippen MR) is 186 cm³/mol. The van der Waals surface area contributed by atoms with Gasteiger partial charge in [0.05, 0.1) is 24.2 Å². The molecule has 0 aliphatic carbocycles. The Hall–Kier alpha value is -2.20. The van der Waals surface area contributed by atoms with Crippen LogP contribution in [0.2, 0.25) is 38.8 Å². The monoisotopic (exact) mass is 699 g/mol. The van der Waals surface area contributed by atoms with Gasteiger partial charge in [-0.1, -0.05) is 66.4 Å². The van der Waals surface area contributed by atoms with Gasteiger partial charge in [0.15, 0.2) is 9.04 Å². The molecule has 0 radical (unpaired) electrons. The number of benzene rings is 1. The van der Waals surface area contributed by atoms with E-state index in [1.807, 2.05) is 34.7 Å². The second-order valence-corrected chi connectivity index (χ2v) is 23.5. The molecule has 0 spiro atoms. The van der Waals surface area contributed by atoms with Crippen molar-refractivity contribution in [3.63, 3.8) is 0 Å². The van der Waals surface area contributed by atoms with Crippen LogP contribution >= 0.6 is 0 Å². The van der Waals surface area contributed by atoms with Gasteiger partial charge in [-0.3, -0.25) is 9.69 Å². The molecule has 1 aliphatic rings. The lowest BCUT2D eigenvalue weighted by Crippen LogP contribution is -2.67. The maximum Gasteiger partial charge on any atom is 0.396 e. The second-order valence-electron chi connectivity index (χ2n) is 15.6. The second kappa shape index (κ2) is 15.1. The van der Waals surface area contributed by atoms with Crippen LogP contribution in [0.15, 0.2) is 18.2 Å². The molecular weight excluding hydrogens is 644 g/mol. The number of ether oxygens (including phenoxy) is 2. The van der Waals surface area contributed by atoms with E-state index in [0.29, 0.717) is 31.7 Å². The molecule has 1 aromatic carbocycles. The quantitative estimate of drug-likeness (QED) is 0.0974. The molecule has 3 rings (SSSR count). The number of carbonyl (C=O) groups excluding carboxylic acids is 2. The van der Waals surface area contributed by atoms with Crippen LogP contribution in [0.3, 0.4) is 0 Å². The van der Waals surface area contributed by atoms with Gasteiger partial charge in [-0.25, -0.2) is 4.79 Å². The zero-order valence-corrected chi connectivity index (χ0v) is 32.3. The minimum atomic E-state index is -4.60. The third kappa shape index (κ3) is 9.49. The fraction of sp³-hybridized carbons (Fsp3) is 0.706. The number of para-hydroxylation sites is 1. The van der Waals surface area contributed by atoms with Crippen LogP contribution < -0.4 is 5.32 Å². The third-order valence-corrected chi connectivity index (χ3v) is 11.2. The van der Waals surface area contributed by atoms with Crippen LogP contribution in [0.1, 0.15) is 63.2 Å². The van der Waals surface area contributed by atoms with E-state index in [0.717, 1.165) is 28.2 Å². The summed E-state index contributed by atoms with van der Waals surface area (Å²) in [4.78, 5) is 28.8. The summed E-state index contributed by atoms with van der Waals surface area (Å²) in [5.74, 6) is -3.50. The molecule has 0 saturated carbocycles. The van der Waals surface area contributed by atoms with Crippen molar-refractivity contribution in [1.82, 2.24) is 14.8 Å². The Bertz CT molecular complexity index is 1380. The fourth-order valence-corrected chi connectivity index (χ4v) is 8.75. The average Bonchev–Trinajstić information content (AvgIpc) is 3.21. The summed E-state index contributed by atoms with van der Waals surface area (Å²) in [6.45, 7) is 22.1. The average molecular weight is 700 g/mol. The van der Waals surface area contributed by atoms with Gasteiger partial charge in [0, 0.05) is 44.8 Å². The number of aromatic nitrogens is 1. The molecule has 2 heterocycles. The van der Waals surface area contributed by atoms with Crippen molar-refractivity contribution in [2.45, 2.75) is 112 Å². The van der Waals surface area contributed by atoms with Crippen LogP contribution in [-0.2, 0) is 38.4 Å². The largest absolute Gasteiger partial charge is 0.462 e. The van der Waals surface area contributed by atoms with Gasteiger partial charge >= 0.3 is 12.1 Å². The fourth-order valence-electron chi connectivity index (χ4n) is 6.75. The molecule has 0 fully saturated rings. The number of halogens is 3. The Kier molecular flexibility index (Phi) is 12.6. The van der Waals surface area contributed by atoms with Crippen molar-refractivity contribution in [1.29, 1.82) is 0 Å². The zero-order valence-electron chi connectivity index (χ0n) is 30.2. The minimum Gasteiger partial charge on any atom is -0.462 e. The number of amides is 1. The molecule has 47 heavy (non-hydrogen) atoms. The standard InChI is InChI=1S/C34H56F3N3O5Si2/c1-12-44-30(42)26-15-13-14-25-24-16-17-39(20-27(24)40(29(25)26)22-43-18-19-47(9,10)11)21-28(41)38-33(23(2)3,45-46(7)8)31(32(4,5)6)34(35,36)37/h13-15,23,31,46H,12,16-22H2,1-11H3,(H,38,41). The van der Waals surface area contributed by atoms with Crippen molar-refractivity contribution < 1.29 is 36.7 Å². The van der Waals surface area contributed by atoms with Gasteiger partial charge in [0.2, 0.25) is 5.91 Å². The van der Waals surface area contributed by atoms with Crippen LogP contribution in [0.25, 0.3) is 10.9 Å². The van der Waals surface area contributed by atoms with Gasteiger partial charge < -0.3 is 23.8 Å². The molecule has 13 heteroatoms. The number of carbonyl (C=O) groups is 2. The summed E-state index contributed by atoms with van der Waals surface area (Å²) in [5, 5.41) is 3.74. The summed E-state index contributed by atoms with van der Waals surface area (Å²) >= 11 is 0. The molecule has 8 nitrogen and oxygen atoms in total. The van der Waals surface area contributed by atoms with Gasteiger partial charge in [0.1, 0.15) is 18.4 Å². The first kappa shape index (κ1) is 39.2. The smallest absolute Gasteiger partial charge is 0.396 e. The Morgan fingerprint density at radius 3 is 2.30 bits per heavy atom. The van der Waals surface area contributed by atoms with Crippen molar-refractivity contribution in [3.05, 3.63) is 35.0 Å². The molecule has 1 aliphatic heterocycles. The van der Waals surface area contributed by atoms with E-state index < -0.39 is 58.1 Å². The summed E-state index contributed by atoms with van der Waals surface area (Å²) < 4.78 is 64.2. The molecule has 0 saturated heterocycles. The summed E-state index contributed by atoms with van der Waals surface area (Å²) in [7, 11) is -3.39. The van der Waals surface area contributed by atoms with Crippen molar-refractivity contribution in [3.8, 4) is 0 Å². The summed E-state index contributed by atoms with van der Waals surface area (Å²) in [6.07, 6.45) is -4.00. The molecule has 2 unspecified atom stereocenters. The first-order valence-electron chi connectivity index (χ1n) is 16.8. The van der Waals surface area contributed by atoms with E-state index in [1.165, 1.54) is 0 Å². The Morgan fingerprint density at radius 2 is 1.77 bits per heavy atom. The van der Waals surface area contributed by atoms with E-state index in [2.05, 4.69) is 25.0 Å². The number of nitrogens with one attached hydrogen (secondary N) is 1. The van der Waals surface area contributed by atoms with E-state index >= 15 is 0 Å². The summed E-state index contributed by atoms with van der Waals surface area (Å²) in [6, 6.07) is 6.58. The van der Waals surface area contributed by atoms with E-state index in [1.54, 1.807) is 47.6 Å².